The summed E-state index contributed by atoms with van der Waals surface area (Å²) in [4.78, 5) is 0. The van der Waals surface area contributed by atoms with Crippen LogP contribution in [0.2, 0.25) is 0 Å². The molecule has 2 aliphatic rings. The van der Waals surface area contributed by atoms with E-state index in [0.717, 1.165) is 87.9 Å². The molecular formula is C63H82ClCrLiNO4. The van der Waals surface area contributed by atoms with Crippen molar-refractivity contribution in [3.63, 3.8) is 0 Å². The average Bonchev–Trinajstić information content (AvgIpc) is 4.06. The van der Waals surface area contributed by atoms with Crippen LogP contribution >= 0.6 is 0 Å². The van der Waals surface area contributed by atoms with Gasteiger partial charge in [0.1, 0.15) is 0 Å². The van der Waals surface area contributed by atoms with Crippen molar-refractivity contribution in [2.75, 3.05) is 26.4 Å². The van der Waals surface area contributed by atoms with Gasteiger partial charge in [-0.15, -0.1) is 22.9 Å². The van der Waals surface area contributed by atoms with Crippen LogP contribution in [0.5, 0.6) is 11.5 Å². The maximum Gasteiger partial charge on any atom is 3.00 e. The summed E-state index contributed by atoms with van der Waals surface area (Å²) >= 11 is 0. The molecule has 377 valence electrons. The first kappa shape index (κ1) is 65.1. The van der Waals surface area contributed by atoms with Crippen LogP contribution in [-0.4, -0.2) is 26.4 Å². The van der Waals surface area contributed by atoms with Crippen LogP contribution in [0.15, 0.2) is 121 Å². The molecular weight excluding hydrogens is 929 g/mol. The summed E-state index contributed by atoms with van der Waals surface area (Å²) in [6, 6.07) is 41.3. The predicted molar refractivity (Wildman–Crippen MR) is 286 cm³/mol. The van der Waals surface area contributed by atoms with Gasteiger partial charge in [0.05, 0.1) is 0 Å². The second-order valence-corrected chi connectivity index (χ2v) is 21.7. The topological polar surface area (TPSA) is 78.7 Å². The van der Waals surface area contributed by atoms with Crippen molar-refractivity contribution in [1.29, 1.82) is 0 Å². The van der Waals surface area contributed by atoms with Crippen molar-refractivity contribution in [3.8, 4) is 11.5 Å². The molecule has 6 aromatic rings. The molecule has 0 saturated carbocycles. The molecule has 0 spiro atoms. The van der Waals surface area contributed by atoms with Gasteiger partial charge in [-0.3, -0.25) is 0 Å². The second kappa shape index (κ2) is 30.9. The Morgan fingerprint density at radius 2 is 0.775 bits per heavy atom. The SMILES string of the molecule is C1CCOC1.C1CCOC1.Cc1ccc([N-]c2c(Cc3cc(C)cc(C(C)(C)C)c3[O-])cc(C(C)(C)C)cc2Cc2cc(C)cc(C(C)(C)C)c2[O-])cc1.Cc1ccccc1.Cc1ccccc1.[Cl-].[Cr+3].[Li+]. The van der Waals surface area contributed by atoms with Crippen LogP contribution in [0.4, 0.5) is 11.4 Å². The van der Waals surface area contributed by atoms with Gasteiger partial charge in [-0.05, 0) is 106 Å². The molecule has 0 amide bonds. The van der Waals surface area contributed by atoms with Gasteiger partial charge in [0.15, 0.2) is 0 Å². The molecule has 71 heavy (non-hydrogen) atoms. The number of halogens is 1. The average molecular weight is 1010 g/mol. The maximum absolute atomic E-state index is 13.9. The third-order valence-electron chi connectivity index (χ3n) is 11.9. The molecule has 2 fully saturated rings. The summed E-state index contributed by atoms with van der Waals surface area (Å²) < 4.78 is 9.89. The number of ether oxygens (including phenoxy) is 2. The van der Waals surface area contributed by atoms with Crippen molar-refractivity contribution in [3.05, 3.63) is 193 Å². The molecule has 0 aliphatic carbocycles. The zero-order chi connectivity index (χ0) is 50.1. The van der Waals surface area contributed by atoms with Crippen LogP contribution in [-0.2, 0) is 55.9 Å². The van der Waals surface area contributed by atoms with E-state index in [-0.39, 0.29) is 76.4 Å². The summed E-state index contributed by atoms with van der Waals surface area (Å²) in [5, 5.41) is 33.0. The van der Waals surface area contributed by atoms with Gasteiger partial charge in [-0.2, -0.15) is 0 Å². The third-order valence-corrected chi connectivity index (χ3v) is 11.9. The Morgan fingerprint density at radius 3 is 1.04 bits per heavy atom. The summed E-state index contributed by atoms with van der Waals surface area (Å²) in [6.45, 7) is 33.6. The molecule has 0 bridgehead atoms. The first-order valence-electron chi connectivity index (χ1n) is 24.8. The zero-order valence-electron chi connectivity index (χ0n) is 46.0. The summed E-state index contributed by atoms with van der Waals surface area (Å²) in [6.07, 6.45) is 6.05. The molecule has 0 N–H and O–H groups in total. The number of nitrogens with zero attached hydrogens (tertiary/aromatic N) is 1. The summed E-state index contributed by atoms with van der Waals surface area (Å²) in [5.41, 5.74) is 13.4. The quantitative estimate of drug-likeness (QED) is 0.156. The van der Waals surface area contributed by atoms with E-state index < -0.39 is 0 Å². The number of hydrogen-bond acceptors (Lipinski definition) is 4. The molecule has 2 aliphatic heterocycles. The Hall–Kier alpha value is -3.94. The van der Waals surface area contributed by atoms with Crippen LogP contribution in [0, 0.1) is 34.6 Å². The number of benzene rings is 6. The number of aryl methyl sites for hydroxylation is 5. The normalized spacial score (nSPS) is 12.8. The van der Waals surface area contributed by atoms with Crippen molar-refractivity contribution in [2.45, 2.75) is 152 Å². The molecule has 1 radical (unpaired) electrons. The first-order valence-corrected chi connectivity index (χ1v) is 24.8. The molecule has 8 rings (SSSR count). The van der Waals surface area contributed by atoms with Crippen LogP contribution in [0.25, 0.3) is 5.32 Å². The van der Waals surface area contributed by atoms with Gasteiger partial charge >= 0.3 is 36.2 Å². The number of hydrogen-bond donors (Lipinski definition) is 0. The van der Waals surface area contributed by atoms with Crippen LogP contribution < -0.4 is 41.5 Å². The fraction of sp³-hybridized carbons (Fsp3) is 0.429. The Bertz CT molecular complexity index is 2290. The molecule has 2 heterocycles. The van der Waals surface area contributed by atoms with Gasteiger partial charge in [-0.1, -0.05) is 234 Å². The van der Waals surface area contributed by atoms with Gasteiger partial charge in [0.25, 0.3) is 0 Å². The molecule has 6 aromatic carbocycles. The van der Waals surface area contributed by atoms with Crippen molar-refractivity contribution in [1.82, 2.24) is 0 Å². The van der Waals surface area contributed by atoms with E-state index in [1.54, 1.807) is 0 Å². The molecule has 0 unspecified atom stereocenters. The molecule has 8 heteroatoms. The van der Waals surface area contributed by atoms with E-state index in [2.05, 4.69) is 145 Å². The van der Waals surface area contributed by atoms with E-state index in [1.807, 2.05) is 72.8 Å². The van der Waals surface area contributed by atoms with Crippen molar-refractivity contribution < 1.29 is 68.3 Å². The third kappa shape index (κ3) is 22.4. The van der Waals surface area contributed by atoms with E-state index in [9.17, 15) is 10.2 Å². The van der Waals surface area contributed by atoms with Gasteiger partial charge in [0.2, 0.25) is 0 Å². The summed E-state index contributed by atoms with van der Waals surface area (Å²) in [5.74, 6) is 0.199. The van der Waals surface area contributed by atoms with E-state index in [0.29, 0.717) is 12.8 Å². The van der Waals surface area contributed by atoms with Crippen molar-refractivity contribution in [2.24, 2.45) is 0 Å². The minimum absolute atomic E-state index is 0. The van der Waals surface area contributed by atoms with Crippen molar-refractivity contribution >= 4 is 11.4 Å². The smallest absolute Gasteiger partial charge is 1.00 e. The van der Waals surface area contributed by atoms with Gasteiger partial charge < -0.3 is 37.4 Å². The minimum atomic E-state index is -0.258. The molecule has 5 nitrogen and oxygen atoms in total. The largest absolute Gasteiger partial charge is 3.00 e. The molecule has 0 atom stereocenters. The first-order chi connectivity index (χ1) is 32.0. The molecule has 0 aromatic heterocycles. The Labute approximate surface area is 459 Å². The van der Waals surface area contributed by atoms with Crippen LogP contribution in [0.1, 0.15) is 155 Å². The zero-order valence-corrected chi connectivity index (χ0v) is 48.0. The Balaban J connectivity index is 0.000000749. The van der Waals surface area contributed by atoms with Gasteiger partial charge in [-0.25, -0.2) is 0 Å². The Morgan fingerprint density at radius 1 is 0.437 bits per heavy atom. The second-order valence-electron chi connectivity index (χ2n) is 21.7. The monoisotopic (exact) mass is 1010 g/mol. The minimum Gasteiger partial charge on any atom is -1.00 e. The van der Waals surface area contributed by atoms with E-state index in [4.69, 9.17) is 14.8 Å². The standard InChI is InChI=1S/C41H52NO2.2C7H8.2C4H8O.ClH.Cr.Li/c1-25-13-15-33(16-14-25)42-36-28(21-30-17-26(2)19-34(37(30)43)40(7,8)9)23-32(39(4,5)6)24-29(36)22-31-18-27(3)20-35(38(31)44)41(10,11)12;2*1-7-5-3-2-4-6-7;2*1-2-4-5-3-1;;;/h13-20,23-24,43-44H,21-22H2,1-12H3;2*2-6H,1H3;2*1-4H2;1H;;/q-1;;;;;;+3;+1/p-3. The summed E-state index contributed by atoms with van der Waals surface area (Å²) in [7, 11) is 0. The fourth-order valence-electron chi connectivity index (χ4n) is 7.93. The fourth-order valence-corrected chi connectivity index (χ4v) is 7.93. The van der Waals surface area contributed by atoms with Crippen LogP contribution in [0.3, 0.4) is 0 Å². The molecule has 2 saturated heterocycles. The van der Waals surface area contributed by atoms with Gasteiger partial charge in [0, 0.05) is 26.4 Å². The van der Waals surface area contributed by atoms with E-state index >= 15 is 0 Å². The number of rotatable bonds is 6. The maximum atomic E-state index is 13.9. The van der Waals surface area contributed by atoms with E-state index in [1.165, 1.54) is 42.4 Å². The Kier molecular flexibility index (Phi) is 28.4. The predicted octanol–water partition coefficient (Wildman–Crippen LogP) is 9.76.